The molecule has 1 heterocycles. The lowest BCUT2D eigenvalue weighted by molar-refractivity contribution is -0.139. The molecule has 0 spiro atoms. The molecule has 1 N–H and O–H groups in total. The van der Waals surface area contributed by atoms with E-state index in [9.17, 15) is 4.79 Å². The zero-order valence-electron chi connectivity index (χ0n) is 8.53. The monoisotopic (exact) mass is 291 g/mol. The lowest BCUT2D eigenvalue weighted by Gasteiger charge is -2.08. The molecule has 1 aromatic rings. The van der Waals surface area contributed by atoms with Gasteiger partial charge in [-0.05, 0) is 17.9 Å². The van der Waals surface area contributed by atoms with Crippen LogP contribution in [-0.4, -0.2) is 31.0 Å². The van der Waals surface area contributed by atoms with Crippen LogP contribution >= 0.6 is 27.3 Å². The Morgan fingerprint density at radius 3 is 3.13 bits per heavy atom. The normalized spacial score (nSPS) is 12.4. The molecule has 0 aliphatic heterocycles. The number of thiophene rings is 1. The number of halogens is 1. The topological polar surface area (TPSA) is 38.3 Å². The maximum Gasteiger partial charge on any atom is 0.320 e. The number of carbonyl (C=O) groups excluding carboxylic acids is 1. The van der Waals surface area contributed by atoms with E-state index in [2.05, 4.69) is 37.4 Å². The third-order valence-electron chi connectivity index (χ3n) is 1.91. The van der Waals surface area contributed by atoms with E-state index in [-0.39, 0.29) is 10.8 Å². The summed E-state index contributed by atoms with van der Waals surface area (Å²) in [6, 6.07) is 4.15. The fourth-order valence-electron chi connectivity index (χ4n) is 1.11. The first-order valence-electron chi connectivity index (χ1n) is 4.69. The summed E-state index contributed by atoms with van der Waals surface area (Å²) in [5.74, 6) is -0.237. The average molecular weight is 292 g/mol. The van der Waals surface area contributed by atoms with Gasteiger partial charge in [0.25, 0.3) is 0 Å². The Morgan fingerprint density at radius 2 is 2.53 bits per heavy atom. The molecule has 1 aromatic heterocycles. The molecule has 0 bridgehead atoms. The van der Waals surface area contributed by atoms with Gasteiger partial charge in [0.2, 0.25) is 0 Å². The molecule has 0 fully saturated rings. The Hall–Kier alpha value is -0.390. The summed E-state index contributed by atoms with van der Waals surface area (Å²) in [4.78, 5) is 12.1. The number of alkyl halides is 1. The summed E-state index contributed by atoms with van der Waals surface area (Å²) in [5.41, 5.74) is 0. The number of carbonyl (C=O) groups is 1. The fourth-order valence-corrected chi connectivity index (χ4v) is 2.23. The van der Waals surface area contributed by atoms with Gasteiger partial charge >= 0.3 is 5.97 Å². The summed E-state index contributed by atoms with van der Waals surface area (Å²) in [6.07, 6.45) is 0.999. The summed E-state index contributed by atoms with van der Waals surface area (Å²) >= 11 is 5.00. The predicted octanol–water partition coefficient (Wildman–Crippen LogP) is 1.82. The Bertz CT molecular complexity index is 290. The molecule has 0 saturated carbocycles. The molecular weight excluding hydrogens is 278 g/mol. The highest BCUT2D eigenvalue weighted by molar-refractivity contribution is 9.10. The highest BCUT2D eigenvalue weighted by atomic mass is 79.9. The van der Waals surface area contributed by atoms with E-state index in [0.717, 1.165) is 13.0 Å². The van der Waals surface area contributed by atoms with Crippen molar-refractivity contribution in [2.24, 2.45) is 0 Å². The molecule has 0 aliphatic carbocycles. The van der Waals surface area contributed by atoms with E-state index in [1.54, 1.807) is 11.3 Å². The Balaban J connectivity index is 2.09. The Kier molecular flexibility index (Phi) is 5.90. The van der Waals surface area contributed by atoms with Crippen molar-refractivity contribution in [1.29, 1.82) is 0 Å². The van der Waals surface area contributed by atoms with Gasteiger partial charge in [0.1, 0.15) is 4.83 Å². The second-order valence-electron chi connectivity index (χ2n) is 3.02. The molecule has 5 heteroatoms. The van der Waals surface area contributed by atoms with Crippen molar-refractivity contribution in [2.75, 3.05) is 20.2 Å². The van der Waals surface area contributed by atoms with Crippen LogP contribution in [0.25, 0.3) is 0 Å². The molecule has 0 aliphatic rings. The minimum atomic E-state index is -0.258. The Morgan fingerprint density at radius 1 is 1.73 bits per heavy atom. The number of hydrogen-bond acceptors (Lipinski definition) is 4. The van der Waals surface area contributed by atoms with Crippen LogP contribution in [0, 0.1) is 0 Å². The fraction of sp³-hybridized carbons (Fsp3) is 0.500. The van der Waals surface area contributed by atoms with Crippen molar-refractivity contribution in [1.82, 2.24) is 5.32 Å². The third kappa shape index (κ3) is 4.77. The van der Waals surface area contributed by atoms with Crippen LogP contribution < -0.4 is 5.32 Å². The molecule has 0 aromatic carbocycles. The van der Waals surface area contributed by atoms with E-state index in [0.29, 0.717) is 6.54 Å². The predicted molar refractivity (Wildman–Crippen MR) is 65.6 cm³/mol. The molecule has 3 nitrogen and oxygen atoms in total. The summed E-state index contributed by atoms with van der Waals surface area (Å²) in [6.45, 7) is 1.47. The second kappa shape index (κ2) is 6.98. The van der Waals surface area contributed by atoms with Crippen LogP contribution in [0.2, 0.25) is 0 Å². The second-order valence-corrected chi connectivity index (χ2v) is 5.16. The SMILES string of the molecule is COC(=O)C(Br)CNCCc1cccs1. The maximum atomic E-state index is 11.0. The van der Waals surface area contributed by atoms with Crippen LogP contribution in [0.5, 0.6) is 0 Å². The molecular formula is C10H14BrNO2S. The zero-order valence-corrected chi connectivity index (χ0v) is 10.9. The van der Waals surface area contributed by atoms with Gasteiger partial charge in [-0.3, -0.25) is 4.79 Å². The molecule has 84 valence electrons. The van der Waals surface area contributed by atoms with Gasteiger partial charge in [-0.15, -0.1) is 11.3 Å². The van der Waals surface area contributed by atoms with Crippen molar-refractivity contribution < 1.29 is 9.53 Å². The minimum absolute atomic E-state index is 0.237. The number of ether oxygens (including phenoxy) is 1. The largest absolute Gasteiger partial charge is 0.468 e. The van der Waals surface area contributed by atoms with Gasteiger partial charge in [0, 0.05) is 18.0 Å². The Labute approximate surface area is 102 Å². The molecule has 1 rings (SSSR count). The number of methoxy groups -OCH3 is 1. The van der Waals surface area contributed by atoms with Gasteiger partial charge in [0.05, 0.1) is 7.11 Å². The highest BCUT2D eigenvalue weighted by Gasteiger charge is 2.13. The first-order chi connectivity index (χ1) is 7.24. The minimum Gasteiger partial charge on any atom is -0.468 e. The van der Waals surface area contributed by atoms with Crippen molar-refractivity contribution in [2.45, 2.75) is 11.2 Å². The molecule has 0 amide bonds. The molecule has 15 heavy (non-hydrogen) atoms. The van der Waals surface area contributed by atoms with E-state index in [1.165, 1.54) is 12.0 Å². The van der Waals surface area contributed by atoms with E-state index < -0.39 is 0 Å². The van der Waals surface area contributed by atoms with Gasteiger partial charge in [-0.2, -0.15) is 0 Å². The molecule has 1 atom stereocenters. The van der Waals surface area contributed by atoms with E-state index >= 15 is 0 Å². The molecule has 0 radical (unpaired) electrons. The van der Waals surface area contributed by atoms with Crippen molar-refractivity contribution in [3.8, 4) is 0 Å². The summed E-state index contributed by atoms with van der Waals surface area (Å²) in [5, 5.41) is 5.26. The molecule has 0 saturated heterocycles. The summed E-state index contributed by atoms with van der Waals surface area (Å²) in [7, 11) is 1.39. The van der Waals surface area contributed by atoms with Crippen molar-refractivity contribution in [3.05, 3.63) is 22.4 Å². The van der Waals surface area contributed by atoms with Crippen LogP contribution in [0.15, 0.2) is 17.5 Å². The number of hydrogen-bond donors (Lipinski definition) is 1. The van der Waals surface area contributed by atoms with Gasteiger partial charge in [0.15, 0.2) is 0 Å². The van der Waals surface area contributed by atoms with Crippen LogP contribution in [0.4, 0.5) is 0 Å². The highest BCUT2D eigenvalue weighted by Crippen LogP contribution is 2.08. The van der Waals surface area contributed by atoms with Gasteiger partial charge in [-0.25, -0.2) is 0 Å². The maximum absolute atomic E-state index is 11.0. The van der Waals surface area contributed by atoms with E-state index in [1.807, 2.05) is 6.07 Å². The standard InChI is InChI=1S/C10H14BrNO2S/c1-14-10(13)9(11)7-12-5-4-8-3-2-6-15-8/h2-3,6,9,12H,4-5,7H2,1H3. The van der Waals surface area contributed by atoms with Crippen LogP contribution in [-0.2, 0) is 16.0 Å². The van der Waals surface area contributed by atoms with Crippen molar-refractivity contribution in [3.63, 3.8) is 0 Å². The first-order valence-corrected chi connectivity index (χ1v) is 6.48. The average Bonchev–Trinajstić information content (AvgIpc) is 2.75. The summed E-state index contributed by atoms with van der Waals surface area (Å²) < 4.78 is 4.59. The molecule has 1 unspecified atom stereocenters. The number of nitrogens with one attached hydrogen (secondary N) is 1. The van der Waals surface area contributed by atoms with E-state index in [4.69, 9.17) is 0 Å². The smallest absolute Gasteiger partial charge is 0.320 e. The quantitative estimate of drug-likeness (QED) is 0.494. The first kappa shape index (κ1) is 12.7. The lowest BCUT2D eigenvalue weighted by atomic mass is 10.3. The third-order valence-corrected chi connectivity index (χ3v) is 3.54. The number of esters is 1. The lowest BCUT2D eigenvalue weighted by Crippen LogP contribution is -2.30. The zero-order chi connectivity index (χ0) is 11.1. The van der Waals surface area contributed by atoms with Crippen LogP contribution in [0.1, 0.15) is 4.88 Å². The number of rotatable bonds is 6. The van der Waals surface area contributed by atoms with Crippen molar-refractivity contribution >= 4 is 33.2 Å². The van der Waals surface area contributed by atoms with Gasteiger partial charge < -0.3 is 10.1 Å². The van der Waals surface area contributed by atoms with Gasteiger partial charge in [-0.1, -0.05) is 22.0 Å². The van der Waals surface area contributed by atoms with Crippen LogP contribution in [0.3, 0.4) is 0 Å².